The van der Waals surface area contributed by atoms with E-state index in [1.54, 1.807) is 6.08 Å². The molecule has 0 aromatic heterocycles. The number of rotatable bonds is 5. The van der Waals surface area contributed by atoms with Crippen molar-refractivity contribution in [2.75, 3.05) is 0 Å². The highest BCUT2D eigenvalue weighted by atomic mass is 16.1. The van der Waals surface area contributed by atoms with Crippen LogP contribution in [-0.4, -0.2) is 11.4 Å². The number of carbonyl (C=O) groups is 1. The van der Waals surface area contributed by atoms with Crippen LogP contribution < -0.4 is 5.32 Å². The fourth-order valence-corrected chi connectivity index (χ4v) is 1.28. The van der Waals surface area contributed by atoms with Crippen molar-refractivity contribution in [3.05, 3.63) is 24.3 Å². The topological polar surface area (TPSA) is 29.1 Å². The molecule has 0 aromatic rings. The monoisotopic (exact) mass is 195 g/mol. The first-order chi connectivity index (χ1) is 6.39. The smallest absolute Gasteiger partial charge is 0.217 e. The minimum atomic E-state index is -0.280. The average Bonchev–Trinajstić information content (AvgIpc) is 2.02. The molecule has 0 aliphatic carbocycles. The Morgan fingerprint density at radius 3 is 2.36 bits per heavy atom. The summed E-state index contributed by atoms with van der Waals surface area (Å²) in [7, 11) is 0. The number of amides is 1. The van der Waals surface area contributed by atoms with Gasteiger partial charge in [0.15, 0.2) is 0 Å². The van der Waals surface area contributed by atoms with Crippen molar-refractivity contribution in [2.45, 2.75) is 46.1 Å². The maximum absolute atomic E-state index is 10.9. The van der Waals surface area contributed by atoms with Crippen LogP contribution in [0.5, 0.6) is 0 Å². The number of nitrogens with one attached hydrogen (secondary N) is 1. The van der Waals surface area contributed by atoms with Crippen molar-refractivity contribution in [3.63, 3.8) is 0 Å². The lowest BCUT2D eigenvalue weighted by molar-refractivity contribution is -0.120. The summed E-state index contributed by atoms with van der Waals surface area (Å²) in [5.41, 5.74) is 1.02. The summed E-state index contributed by atoms with van der Waals surface area (Å²) in [4.78, 5) is 10.9. The third-order valence-electron chi connectivity index (χ3n) is 2.13. The average molecular weight is 195 g/mol. The molecule has 0 fully saturated rings. The number of hydrogen-bond donors (Lipinski definition) is 1. The van der Waals surface area contributed by atoms with Gasteiger partial charge < -0.3 is 5.32 Å². The molecule has 0 radical (unpaired) electrons. The Balaban J connectivity index is 4.19. The van der Waals surface area contributed by atoms with Crippen molar-refractivity contribution in [3.8, 4) is 0 Å². The van der Waals surface area contributed by atoms with Crippen LogP contribution in [0.15, 0.2) is 24.3 Å². The summed E-state index contributed by atoms with van der Waals surface area (Å²) >= 11 is 0. The Morgan fingerprint density at radius 2 is 2.00 bits per heavy atom. The van der Waals surface area contributed by atoms with Gasteiger partial charge in [-0.15, -0.1) is 6.58 Å². The SMILES string of the molecule is C=CC(C)(CCC=C(C)C)NC(C)=O. The van der Waals surface area contributed by atoms with E-state index in [0.29, 0.717) is 0 Å². The fourth-order valence-electron chi connectivity index (χ4n) is 1.28. The third-order valence-corrected chi connectivity index (χ3v) is 2.13. The maximum atomic E-state index is 10.9. The van der Waals surface area contributed by atoms with Gasteiger partial charge in [-0.25, -0.2) is 0 Å². The van der Waals surface area contributed by atoms with Crippen LogP contribution in [0.1, 0.15) is 40.5 Å². The molecule has 0 heterocycles. The van der Waals surface area contributed by atoms with Gasteiger partial charge in [0.25, 0.3) is 0 Å². The standard InChI is InChI=1S/C12H21NO/c1-6-12(5,13-11(4)14)9-7-8-10(2)3/h6,8H,1,7,9H2,2-5H3,(H,13,14). The molecular weight excluding hydrogens is 174 g/mol. The third kappa shape index (κ3) is 5.57. The van der Waals surface area contributed by atoms with Gasteiger partial charge in [0, 0.05) is 6.92 Å². The Hall–Kier alpha value is -1.05. The largest absolute Gasteiger partial charge is 0.348 e. The predicted molar refractivity (Wildman–Crippen MR) is 61.1 cm³/mol. The van der Waals surface area contributed by atoms with Gasteiger partial charge in [-0.1, -0.05) is 17.7 Å². The summed E-state index contributed by atoms with van der Waals surface area (Å²) < 4.78 is 0. The van der Waals surface area contributed by atoms with Crippen LogP contribution in [0, 0.1) is 0 Å². The molecule has 1 N–H and O–H groups in total. The Labute approximate surface area is 87.1 Å². The van der Waals surface area contributed by atoms with Gasteiger partial charge in [-0.05, 0) is 33.6 Å². The summed E-state index contributed by atoms with van der Waals surface area (Å²) in [5.74, 6) is -0.00963. The molecule has 80 valence electrons. The summed E-state index contributed by atoms with van der Waals surface area (Å²) in [6, 6.07) is 0. The molecular formula is C12H21NO. The van der Waals surface area contributed by atoms with Gasteiger partial charge in [0.2, 0.25) is 5.91 Å². The number of allylic oxidation sites excluding steroid dienone is 2. The molecule has 0 bridgehead atoms. The zero-order valence-corrected chi connectivity index (χ0v) is 9.68. The zero-order chi connectivity index (χ0) is 11.2. The van der Waals surface area contributed by atoms with E-state index in [9.17, 15) is 4.79 Å². The van der Waals surface area contributed by atoms with Gasteiger partial charge in [-0.3, -0.25) is 4.79 Å². The number of carbonyl (C=O) groups excluding carboxylic acids is 1. The molecule has 14 heavy (non-hydrogen) atoms. The molecule has 1 unspecified atom stereocenters. The van der Waals surface area contributed by atoms with Crippen LogP contribution in [0.3, 0.4) is 0 Å². The Kier molecular flexibility index (Phi) is 5.21. The first kappa shape index (κ1) is 12.9. The van der Waals surface area contributed by atoms with Crippen molar-refractivity contribution in [1.82, 2.24) is 5.32 Å². The molecule has 1 amide bonds. The second-order valence-corrected chi connectivity index (χ2v) is 4.12. The van der Waals surface area contributed by atoms with Crippen molar-refractivity contribution >= 4 is 5.91 Å². The van der Waals surface area contributed by atoms with Gasteiger partial charge in [-0.2, -0.15) is 0 Å². The maximum Gasteiger partial charge on any atom is 0.217 e. The van der Waals surface area contributed by atoms with Crippen LogP contribution >= 0.6 is 0 Å². The van der Waals surface area contributed by atoms with Crippen LogP contribution in [0.25, 0.3) is 0 Å². The van der Waals surface area contributed by atoms with E-state index in [2.05, 4.69) is 31.8 Å². The van der Waals surface area contributed by atoms with E-state index >= 15 is 0 Å². The molecule has 0 saturated heterocycles. The summed E-state index contributed by atoms with van der Waals surface area (Å²) in [6.45, 7) is 11.4. The minimum Gasteiger partial charge on any atom is -0.348 e. The van der Waals surface area contributed by atoms with Gasteiger partial charge >= 0.3 is 0 Å². The van der Waals surface area contributed by atoms with Gasteiger partial charge in [0.1, 0.15) is 0 Å². The summed E-state index contributed by atoms with van der Waals surface area (Å²) in [5, 5.41) is 2.89. The molecule has 0 aromatic carbocycles. The van der Waals surface area contributed by atoms with Crippen molar-refractivity contribution < 1.29 is 4.79 Å². The Bertz CT molecular complexity index is 239. The highest BCUT2D eigenvalue weighted by molar-refractivity contribution is 5.74. The molecule has 2 nitrogen and oxygen atoms in total. The second-order valence-electron chi connectivity index (χ2n) is 4.12. The van der Waals surface area contributed by atoms with E-state index < -0.39 is 0 Å². The van der Waals surface area contributed by atoms with Gasteiger partial charge in [0.05, 0.1) is 5.54 Å². The highest BCUT2D eigenvalue weighted by Crippen LogP contribution is 2.14. The predicted octanol–water partition coefficient (Wildman–Crippen LogP) is 2.81. The lowest BCUT2D eigenvalue weighted by Gasteiger charge is -2.26. The number of hydrogen-bond acceptors (Lipinski definition) is 1. The first-order valence-corrected chi connectivity index (χ1v) is 4.95. The molecule has 0 spiro atoms. The van der Waals surface area contributed by atoms with E-state index in [-0.39, 0.29) is 11.4 Å². The van der Waals surface area contributed by atoms with Crippen LogP contribution in [0.2, 0.25) is 0 Å². The van der Waals surface area contributed by atoms with Crippen molar-refractivity contribution in [2.24, 2.45) is 0 Å². The van der Waals surface area contributed by atoms with Crippen molar-refractivity contribution in [1.29, 1.82) is 0 Å². The van der Waals surface area contributed by atoms with E-state index in [0.717, 1.165) is 12.8 Å². The lowest BCUT2D eigenvalue weighted by Crippen LogP contribution is -2.42. The van der Waals surface area contributed by atoms with Crippen LogP contribution in [0.4, 0.5) is 0 Å². The van der Waals surface area contributed by atoms with E-state index in [1.165, 1.54) is 12.5 Å². The normalized spacial score (nSPS) is 14.0. The molecule has 0 aliphatic rings. The highest BCUT2D eigenvalue weighted by Gasteiger charge is 2.19. The van der Waals surface area contributed by atoms with E-state index in [4.69, 9.17) is 0 Å². The first-order valence-electron chi connectivity index (χ1n) is 4.95. The lowest BCUT2D eigenvalue weighted by atomic mass is 9.95. The molecule has 0 aliphatic heterocycles. The fraction of sp³-hybridized carbons (Fsp3) is 0.583. The summed E-state index contributed by atoms with van der Waals surface area (Å²) in [6.07, 6.45) is 5.82. The second kappa shape index (κ2) is 5.63. The molecule has 0 rings (SSSR count). The molecule has 0 saturated carbocycles. The zero-order valence-electron chi connectivity index (χ0n) is 9.68. The molecule has 1 atom stereocenters. The van der Waals surface area contributed by atoms with E-state index in [1.807, 2.05) is 6.92 Å². The van der Waals surface area contributed by atoms with Crippen LogP contribution in [-0.2, 0) is 4.79 Å². The quantitative estimate of drug-likeness (QED) is 0.671. The molecule has 2 heteroatoms. The Morgan fingerprint density at radius 1 is 1.43 bits per heavy atom. The minimum absolute atomic E-state index is 0.00963.